The van der Waals surface area contributed by atoms with Gasteiger partial charge in [0, 0.05) is 13.7 Å². The van der Waals surface area contributed by atoms with E-state index in [-0.39, 0.29) is 0 Å². The molecule has 0 amide bonds. The third-order valence-electron chi connectivity index (χ3n) is 2.37. The summed E-state index contributed by atoms with van der Waals surface area (Å²) >= 11 is 0. The number of hydrogen-bond donors (Lipinski definition) is 1. The number of hydrogen-bond acceptors (Lipinski definition) is 2. The molecule has 0 fully saturated rings. The molecular weight excluding hydrogens is 138 g/mol. The third kappa shape index (κ3) is 5.22. The van der Waals surface area contributed by atoms with Gasteiger partial charge in [0.1, 0.15) is 0 Å². The van der Waals surface area contributed by atoms with Gasteiger partial charge in [-0.05, 0) is 31.2 Å². The average Bonchev–Trinajstić information content (AvgIpc) is 2.00. The van der Waals surface area contributed by atoms with Crippen LogP contribution in [0.2, 0.25) is 0 Å². The van der Waals surface area contributed by atoms with E-state index >= 15 is 0 Å². The summed E-state index contributed by atoms with van der Waals surface area (Å²) in [4.78, 5) is 0. The second kappa shape index (κ2) is 6.62. The van der Waals surface area contributed by atoms with Gasteiger partial charge in [-0.2, -0.15) is 0 Å². The largest absolute Gasteiger partial charge is 0.385 e. The number of rotatable bonds is 6. The van der Waals surface area contributed by atoms with Gasteiger partial charge in [-0.15, -0.1) is 0 Å². The van der Waals surface area contributed by atoms with Gasteiger partial charge in [-0.3, -0.25) is 0 Å². The van der Waals surface area contributed by atoms with E-state index in [1.807, 2.05) is 0 Å². The second-order valence-corrected chi connectivity index (χ2v) is 3.31. The van der Waals surface area contributed by atoms with E-state index in [1.165, 1.54) is 0 Å². The Morgan fingerprint density at radius 1 is 1.18 bits per heavy atom. The summed E-state index contributed by atoms with van der Waals surface area (Å²) in [6, 6.07) is 0. The number of ether oxygens (including phenoxy) is 1. The fourth-order valence-corrected chi connectivity index (χ4v) is 1.14. The highest BCUT2D eigenvalue weighted by molar-refractivity contribution is 4.61. The Labute approximate surface area is 70.1 Å². The summed E-state index contributed by atoms with van der Waals surface area (Å²) in [6.07, 6.45) is 2.28. The molecule has 2 nitrogen and oxygen atoms in total. The Bertz CT molecular complexity index is 85.6. The summed E-state index contributed by atoms with van der Waals surface area (Å²) in [7, 11) is 1.75. The van der Waals surface area contributed by atoms with Crippen LogP contribution < -0.4 is 5.73 Å². The van der Waals surface area contributed by atoms with Crippen molar-refractivity contribution in [2.45, 2.75) is 26.7 Å². The van der Waals surface area contributed by atoms with Crippen LogP contribution >= 0.6 is 0 Å². The molecule has 68 valence electrons. The van der Waals surface area contributed by atoms with Gasteiger partial charge in [-0.1, -0.05) is 13.8 Å². The first-order valence-electron chi connectivity index (χ1n) is 4.41. The topological polar surface area (TPSA) is 35.2 Å². The van der Waals surface area contributed by atoms with Gasteiger partial charge in [0.15, 0.2) is 0 Å². The highest BCUT2D eigenvalue weighted by Crippen LogP contribution is 2.17. The van der Waals surface area contributed by atoms with Crippen LogP contribution in [-0.2, 0) is 4.74 Å². The van der Waals surface area contributed by atoms with E-state index in [4.69, 9.17) is 10.5 Å². The average molecular weight is 159 g/mol. The molecule has 0 aliphatic rings. The quantitative estimate of drug-likeness (QED) is 0.639. The zero-order chi connectivity index (χ0) is 8.69. The van der Waals surface area contributed by atoms with Crippen molar-refractivity contribution in [2.24, 2.45) is 17.6 Å². The van der Waals surface area contributed by atoms with Crippen LogP contribution in [0.25, 0.3) is 0 Å². The lowest BCUT2D eigenvalue weighted by Crippen LogP contribution is -2.14. The molecule has 0 aromatic rings. The molecule has 0 saturated carbocycles. The standard InChI is InChI=1S/C9H21NO/c1-8(4-6-10)9(2)5-7-11-3/h8-9H,4-7,10H2,1-3H3. The summed E-state index contributed by atoms with van der Waals surface area (Å²) in [5.74, 6) is 1.47. The molecule has 0 aliphatic carbocycles. The minimum absolute atomic E-state index is 0.732. The van der Waals surface area contributed by atoms with E-state index in [1.54, 1.807) is 7.11 Å². The van der Waals surface area contributed by atoms with Crippen molar-refractivity contribution in [1.29, 1.82) is 0 Å². The van der Waals surface area contributed by atoms with Crippen LogP contribution in [0.1, 0.15) is 26.7 Å². The van der Waals surface area contributed by atoms with Crippen molar-refractivity contribution in [3.05, 3.63) is 0 Å². The molecule has 2 unspecified atom stereocenters. The first-order valence-corrected chi connectivity index (χ1v) is 4.41. The van der Waals surface area contributed by atoms with E-state index in [0.29, 0.717) is 0 Å². The van der Waals surface area contributed by atoms with Crippen LogP contribution in [-0.4, -0.2) is 20.3 Å². The first kappa shape index (κ1) is 10.9. The maximum absolute atomic E-state index is 5.46. The first-order chi connectivity index (χ1) is 5.22. The summed E-state index contributed by atoms with van der Waals surface area (Å²) in [5, 5.41) is 0. The fourth-order valence-electron chi connectivity index (χ4n) is 1.14. The smallest absolute Gasteiger partial charge is 0.0464 e. The van der Waals surface area contributed by atoms with Crippen LogP contribution in [0.3, 0.4) is 0 Å². The number of methoxy groups -OCH3 is 1. The van der Waals surface area contributed by atoms with Crippen molar-refractivity contribution in [1.82, 2.24) is 0 Å². The maximum atomic E-state index is 5.46. The molecule has 0 aliphatic heterocycles. The Hall–Kier alpha value is -0.0800. The lowest BCUT2D eigenvalue weighted by atomic mass is 9.90. The normalized spacial score (nSPS) is 16.4. The van der Waals surface area contributed by atoms with Crippen LogP contribution in [0.5, 0.6) is 0 Å². The molecule has 2 heteroatoms. The molecule has 2 atom stereocenters. The maximum Gasteiger partial charge on any atom is 0.0464 e. The molecule has 0 radical (unpaired) electrons. The number of nitrogens with two attached hydrogens (primary N) is 1. The van der Waals surface area contributed by atoms with E-state index in [0.717, 1.165) is 37.8 Å². The Balaban J connectivity index is 3.38. The van der Waals surface area contributed by atoms with Crippen molar-refractivity contribution in [2.75, 3.05) is 20.3 Å². The molecular formula is C9H21NO. The lowest BCUT2D eigenvalue weighted by Gasteiger charge is -2.18. The predicted molar refractivity (Wildman–Crippen MR) is 48.5 cm³/mol. The molecule has 0 rings (SSSR count). The zero-order valence-corrected chi connectivity index (χ0v) is 7.97. The molecule has 11 heavy (non-hydrogen) atoms. The van der Waals surface area contributed by atoms with Gasteiger partial charge in [0.05, 0.1) is 0 Å². The molecule has 2 N–H and O–H groups in total. The van der Waals surface area contributed by atoms with Crippen molar-refractivity contribution < 1.29 is 4.74 Å². The monoisotopic (exact) mass is 159 g/mol. The summed E-state index contributed by atoms with van der Waals surface area (Å²) in [5.41, 5.74) is 5.46. The molecule has 0 saturated heterocycles. The molecule has 0 bridgehead atoms. The highest BCUT2D eigenvalue weighted by atomic mass is 16.5. The van der Waals surface area contributed by atoms with Crippen molar-refractivity contribution in [3.8, 4) is 0 Å². The predicted octanol–water partition coefficient (Wildman–Crippen LogP) is 1.64. The van der Waals surface area contributed by atoms with E-state index in [9.17, 15) is 0 Å². The summed E-state index contributed by atoms with van der Waals surface area (Å²) in [6.45, 7) is 6.20. The zero-order valence-electron chi connectivity index (χ0n) is 7.97. The molecule has 0 aromatic heterocycles. The molecule has 0 spiro atoms. The highest BCUT2D eigenvalue weighted by Gasteiger charge is 2.10. The van der Waals surface area contributed by atoms with Gasteiger partial charge < -0.3 is 10.5 Å². The second-order valence-electron chi connectivity index (χ2n) is 3.31. The molecule has 0 heterocycles. The van der Waals surface area contributed by atoms with Gasteiger partial charge in [-0.25, -0.2) is 0 Å². The van der Waals surface area contributed by atoms with E-state index < -0.39 is 0 Å². The van der Waals surface area contributed by atoms with Crippen LogP contribution in [0.4, 0.5) is 0 Å². The minimum Gasteiger partial charge on any atom is -0.385 e. The van der Waals surface area contributed by atoms with Crippen LogP contribution in [0.15, 0.2) is 0 Å². The summed E-state index contributed by atoms with van der Waals surface area (Å²) < 4.78 is 5.01. The SMILES string of the molecule is COCCC(C)C(C)CCN. The molecule has 0 aromatic carbocycles. The Morgan fingerprint density at radius 2 is 1.73 bits per heavy atom. The van der Waals surface area contributed by atoms with Gasteiger partial charge >= 0.3 is 0 Å². The lowest BCUT2D eigenvalue weighted by molar-refractivity contribution is 0.166. The van der Waals surface area contributed by atoms with Crippen molar-refractivity contribution in [3.63, 3.8) is 0 Å². The Morgan fingerprint density at radius 3 is 2.18 bits per heavy atom. The van der Waals surface area contributed by atoms with E-state index in [2.05, 4.69) is 13.8 Å². The van der Waals surface area contributed by atoms with Gasteiger partial charge in [0.2, 0.25) is 0 Å². The fraction of sp³-hybridized carbons (Fsp3) is 1.00. The Kier molecular flexibility index (Phi) is 6.57. The van der Waals surface area contributed by atoms with Crippen molar-refractivity contribution >= 4 is 0 Å². The third-order valence-corrected chi connectivity index (χ3v) is 2.37. The van der Waals surface area contributed by atoms with Crippen LogP contribution in [0, 0.1) is 11.8 Å². The van der Waals surface area contributed by atoms with Gasteiger partial charge in [0.25, 0.3) is 0 Å². The minimum atomic E-state index is 0.732.